The van der Waals surface area contributed by atoms with Crippen molar-refractivity contribution < 1.29 is 23.9 Å². The predicted octanol–water partition coefficient (Wildman–Crippen LogP) is 2.69. The van der Waals surface area contributed by atoms with Crippen LogP contribution in [-0.2, 0) is 19.1 Å². The van der Waals surface area contributed by atoms with E-state index >= 15 is 0 Å². The topological polar surface area (TPSA) is 96.0 Å². The first-order chi connectivity index (χ1) is 15.1. The summed E-state index contributed by atoms with van der Waals surface area (Å²) in [7, 11) is 0. The van der Waals surface area contributed by atoms with Crippen molar-refractivity contribution in [3.8, 4) is 0 Å². The molecule has 2 fully saturated rings. The monoisotopic (exact) mass is 443 g/mol. The van der Waals surface area contributed by atoms with Crippen molar-refractivity contribution in [3.05, 3.63) is 29.8 Å². The molecule has 1 aromatic carbocycles. The summed E-state index contributed by atoms with van der Waals surface area (Å²) < 4.78 is 5.00. The van der Waals surface area contributed by atoms with E-state index in [2.05, 4.69) is 5.32 Å². The number of ether oxygens (including phenoxy) is 1. The van der Waals surface area contributed by atoms with E-state index in [0.717, 1.165) is 0 Å². The van der Waals surface area contributed by atoms with Gasteiger partial charge in [-0.2, -0.15) is 0 Å². The third kappa shape index (κ3) is 5.47. The molecule has 0 radical (unpaired) electrons. The molecule has 0 saturated carbocycles. The van der Waals surface area contributed by atoms with Gasteiger partial charge in [-0.05, 0) is 58.7 Å². The molecule has 2 heterocycles. The quantitative estimate of drug-likeness (QED) is 0.706. The van der Waals surface area contributed by atoms with E-state index in [4.69, 9.17) is 4.74 Å². The molecule has 8 heteroatoms. The maximum atomic E-state index is 12.9. The van der Waals surface area contributed by atoms with Crippen LogP contribution in [0.25, 0.3) is 0 Å². The van der Waals surface area contributed by atoms with Crippen LogP contribution in [0.1, 0.15) is 57.3 Å². The Morgan fingerprint density at radius 3 is 2.41 bits per heavy atom. The maximum Gasteiger partial charge on any atom is 0.338 e. The van der Waals surface area contributed by atoms with Crippen LogP contribution in [0, 0.1) is 11.8 Å². The molecular weight excluding hydrogens is 410 g/mol. The molecule has 1 N–H and O–H groups in total. The van der Waals surface area contributed by atoms with Gasteiger partial charge in [-0.1, -0.05) is 6.07 Å². The second kappa shape index (κ2) is 9.71. The Balaban J connectivity index is 1.52. The van der Waals surface area contributed by atoms with E-state index in [1.807, 2.05) is 20.8 Å². The molecule has 174 valence electrons. The number of benzene rings is 1. The third-order valence-corrected chi connectivity index (χ3v) is 6.10. The highest BCUT2D eigenvalue weighted by Gasteiger charge is 2.41. The number of likely N-dealkylation sites (tertiary alicyclic amines) is 2. The highest BCUT2D eigenvalue weighted by atomic mass is 16.5. The van der Waals surface area contributed by atoms with Gasteiger partial charge in [-0.15, -0.1) is 0 Å². The normalized spacial score (nSPS) is 19.8. The van der Waals surface area contributed by atoms with Crippen molar-refractivity contribution in [1.82, 2.24) is 9.80 Å². The van der Waals surface area contributed by atoms with Crippen LogP contribution < -0.4 is 5.32 Å². The van der Waals surface area contributed by atoms with Crippen molar-refractivity contribution in [3.63, 3.8) is 0 Å². The van der Waals surface area contributed by atoms with Crippen molar-refractivity contribution in [1.29, 1.82) is 0 Å². The Hall–Kier alpha value is -2.90. The molecule has 2 aliphatic rings. The molecule has 0 aromatic heterocycles. The maximum absolute atomic E-state index is 12.9. The predicted molar refractivity (Wildman–Crippen MR) is 120 cm³/mol. The first-order valence-corrected chi connectivity index (χ1v) is 11.3. The molecule has 0 aliphatic carbocycles. The number of carbonyl (C=O) groups is 4. The van der Waals surface area contributed by atoms with Crippen molar-refractivity contribution in [2.24, 2.45) is 11.8 Å². The minimum atomic E-state index is -0.425. The number of carbonyl (C=O) groups excluding carboxylic acids is 4. The lowest BCUT2D eigenvalue weighted by molar-refractivity contribution is -0.138. The van der Waals surface area contributed by atoms with Crippen LogP contribution in [0.5, 0.6) is 0 Å². The largest absolute Gasteiger partial charge is 0.462 e. The fourth-order valence-corrected chi connectivity index (χ4v) is 4.32. The van der Waals surface area contributed by atoms with E-state index in [-0.39, 0.29) is 48.1 Å². The van der Waals surface area contributed by atoms with Crippen molar-refractivity contribution >= 4 is 29.4 Å². The average Bonchev–Trinajstić information content (AvgIpc) is 3.16. The Morgan fingerprint density at radius 1 is 1.12 bits per heavy atom. The lowest BCUT2D eigenvalue weighted by atomic mass is 9.94. The van der Waals surface area contributed by atoms with Crippen molar-refractivity contribution in [2.45, 2.75) is 52.5 Å². The third-order valence-electron chi connectivity index (χ3n) is 6.10. The Kier molecular flexibility index (Phi) is 7.21. The first kappa shape index (κ1) is 23.8. The SMILES string of the molecule is CCOC(=O)c1cccc(NC(=O)C2CCN(C(=O)C3CC(=O)N(C(C)(C)C)C3)CC2)c1. The summed E-state index contributed by atoms with van der Waals surface area (Å²) in [5, 5.41) is 2.87. The van der Waals surface area contributed by atoms with Gasteiger partial charge in [-0.25, -0.2) is 4.79 Å². The van der Waals surface area contributed by atoms with Crippen molar-refractivity contribution in [2.75, 3.05) is 31.6 Å². The number of amides is 3. The minimum absolute atomic E-state index is 0.00564. The number of piperidine rings is 1. The molecule has 0 bridgehead atoms. The standard InChI is InChI=1S/C24H33N3O5/c1-5-32-23(31)17-7-6-8-19(13-17)25-21(29)16-9-11-26(12-10-16)22(30)18-14-20(28)27(15-18)24(2,3)4/h6-8,13,16,18H,5,9-12,14-15H2,1-4H3,(H,25,29). The van der Waals surface area contributed by atoms with E-state index in [9.17, 15) is 19.2 Å². The highest BCUT2D eigenvalue weighted by molar-refractivity contribution is 5.96. The summed E-state index contributed by atoms with van der Waals surface area (Å²) in [5.74, 6) is -1.03. The second-order valence-corrected chi connectivity index (χ2v) is 9.47. The molecule has 2 saturated heterocycles. The molecule has 1 aromatic rings. The lowest BCUT2D eigenvalue weighted by Crippen LogP contribution is -2.46. The van der Waals surface area contributed by atoms with Crippen LogP contribution in [-0.4, -0.2) is 65.3 Å². The van der Waals surface area contributed by atoms with E-state index in [0.29, 0.717) is 43.7 Å². The first-order valence-electron chi connectivity index (χ1n) is 11.3. The average molecular weight is 444 g/mol. The molecule has 1 atom stereocenters. The lowest BCUT2D eigenvalue weighted by Gasteiger charge is -2.34. The summed E-state index contributed by atoms with van der Waals surface area (Å²) >= 11 is 0. The van der Waals surface area contributed by atoms with Gasteiger partial charge >= 0.3 is 5.97 Å². The molecule has 2 aliphatic heterocycles. The Morgan fingerprint density at radius 2 is 1.81 bits per heavy atom. The van der Waals surface area contributed by atoms with E-state index in [1.165, 1.54) is 0 Å². The fourth-order valence-electron chi connectivity index (χ4n) is 4.32. The highest BCUT2D eigenvalue weighted by Crippen LogP contribution is 2.29. The summed E-state index contributed by atoms with van der Waals surface area (Å²) in [4.78, 5) is 53.4. The van der Waals surface area contributed by atoms with Gasteiger partial charge in [0, 0.05) is 43.2 Å². The number of rotatable bonds is 5. The Labute approximate surface area is 189 Å². The van der Waals surface area contributed by atoms with Gasteiger partial charge < -0.3 is 19.9 Å². The summed E-state index contributed by atoms with van der Waals surface area (Å²) in [6.45, 7) is 9.42. The molecular formula is C24H33N3O5. The van der Waals surface area contributed by atoms with Gasteiger partial charge in [-0.3, -0.25) is 14.4 Å². The van der Waals surface area contributed by atoms with Crippen LogP contribution >= 0.6 is 0 Å². The van der Waals surface area contributed by atoms with Crippen LogP contribution in [0.15, 0.2) is 24.3 Å². The molecule has 3 amide bonds. The number of nitrogens with zero attached hydrogens (tertiary/aromatic N) is 2. The molecule has 32 heavy (non-hydrogen) atoms. The molecule has 1 unspecified atom stereocenters. The van der Waals surface area contributed by atoms with Gasteiger partial charge in [0.1, 0.15) is 0 Å². The van der Waals surface area contributed by atoms with Gasteiger partial charge in [0.25, 0.3) is 0 Å². The van der Waals surface area contributed by atoms with Crippen LogP contribution in [0.2, 0.25) is 0 Å². The van der Waals surface area contributed by atoms with Crippen LogP contribution in [0.3, 0.4) is 0 Å². The summed E-state index contributed by atoms with van der Waals surface area (Å²) in [6.07, 6.45) is 1.39. The fraction of sp³-hybridized carbons (Fsp3) is 0.583. The zero-order valence-corrected chi connectivity index (χ0v) is 19.3. The van der Waals surface area contributed by atoms with Gasteiger partial charge in [0.15, 0.2) is 0 Å². The zero-order valence-electron chi connectivity index (χ0n) is 19.3. The van der Waals surface area contributed by atoms with Gasteiger partial charge in [0.2, 0.25) is 17.7 Å². The number of esters is 1. The Bertz CT molecular complexity index is 884. The molecule has 3 rings (SSSR count). The number of nitrogens with one attached hydrogen (secondary N) is 1. The van der Waals surface area contributed by atoms with E-state index < -0.39 is 5.97 Å². The number of anilines is 1. The van der Waals surface area contributed by atoms with Crippen LogP contribution in [0.4, 0.5) is 5.69 Å². The molecule has 0 spiro atoms. The molecule has 8 nitrogen and oxygen atoms in total. The minimum Gasteiger partial charge on any atom is -0.462 e. The zero-order chi connectivity index (χ0) is 23.5. The van der Waals surface area contributed by atoms with E-state index in [1.54, 1.807) is 41.0 Å². The summed E-state index contributed by atoms with van der Waals surface area (Å²) in [6, 6.07) is 6.68. The number of hydrogen-bond donors (Lipinski definition) is 1. The number of hydrogen-bond acceptors (Lipinski definition) is 5. The summed E-state index contributed by atoms with van der Waals surface area (Å²) in [5.41, 5.74) is 0.646. The smallest absolute Gasteiger partial charge is 0.338 e. The second-order valence-electron chi connectivity index (χ2n) is 9.47. The van der Waals surface area contributed by atoms with Gasteiger partial charge in [0.05, 0.1) is 18.1 Å².